The van der Waals surface area contributed by atoms with Gasteiger partial charge in [0.1, 0.15) is 12.5 Å². The van der Waals surface area contributed by atoms with Crippen LogP contribution in [0.1, 0.15) is 20.8 Å². The van der Waals surface area contributed by atoms with Gasteiger partial charge in [-0.1, -0.05) is 11.6 Å². The molecule has 1 rings (SSSR count). The number of ether oxygens (including phenoxy) is 3. The third kappa shape index (κ3) is 3.50. The van der Waals surface area contributed by atoms with Gasteiger partial charge in [0.15, 0.2) is 5.92 Å². The Balaban J connectivity index is 3.14. The van der Waals surface area contributed by atoms with Crippen LogP contribution in [0.2, 0.25) is 0 Å². The monoisotopic (exact) mass is 304 g/mol. The first-order chi connectivity index (χ1) is 9.43. The van der Waals surface area contributed by atoms with Crippen molar-refractivity contribution in [2.24, 2.45) is 11.8 Å². The summed E-state index contributed by atoms with van der Waals surface area (Å²) in [5.74, 6) is -4.76. The Kier molecular flexibility index (Phi) is 6.01. The topological polar surface area (TPSA) is 78.9 Å². The zero-order valence-corrected chi connectivity index (χ0v) is 12.4. The molecule has 0 aromatic rings. The van der Waals surface area contributed by atoms with Gasteiger partial charge in [0.25, 0.3) is 0 Å². The summed E-state index contributed by atoms with van der Waals surface area (Å²) in [5.41, 5.74) is 0.405. The summed E-state index contributed by atoms with van der Waals surface area (Å²) < 4.78 is 14.6. The van der Waals surface area contributed by atoms with Gasteiger partial charge in [0.2, 0.25) is 0 Å². The number of rotatable bonds is 5. The Hall–Kier alpha value is -1.56. The van der Waals surface area contributed by atoms with Gasteiger partial charge in [0, 0.05) is 5.03 Å². The lowest BCUT2D eigenvalue weighted by atomic mass is 9.87. The molecule has 0 amide bonds. The molecule has 1 aliphatic rings. The summed E-state index contributed by atoms with van der Waals surface area (Å²) in [4.78, 5) is 35.7. The summed E-state index contributed by atoms with van der Waals surface area (Å²) >= 11 is 5.89. The fourth-order valence-electron chi connectivity index (χ4n) is 1.95. The zero-order valence-electron chi connectivity index (χ0n) is 11.6. The lowest BCUT2D eigenvalue weighted by Gasteiger charge is -2.18. The van der Waals surface area contributed by atoms with Crippen molar-refractivity contribution in [3.05, 3.63) is 10.6 Å². The highest BCUT2D eigenvalue weighted by molar-refractivity contribution is 6.30. The minimum Gasteiger partial charge on any atom is -0.465 e. The molecule has 0 N–H and O–H groups in total. The smallest absolute Gasteiger partial charge is 0.321 e. The maximum Gasteiger partial charge on any atom is 0.321 e. The van der Waals surface area contributed by atoms with Crippen molar-refractivity contribution in [2.45, 2.75) is 20.8 Å². The Bertz CT molecular complexity index is 420. The van der Waals surface area contributed by atoms with E-state index < -0.39 is 29.7 Å². The van der Waals surface area contributed by atoms with E-state index in [9.17, 15) is 14.4 Å². The molecular formula is C13H17ClO6. The van der Waals surface area contributed by atoms with Crippen LogP contribution in [0.4, 0.5) is 0 Å². The molecule has 112 valence electrons. The largest absolute Gasteiger partial charge is 0.465 e. The summed E-state index contributed by atoms with van der Waals surface area (Å²) in [6.45, 7) is 4.94. The minimum atomic E-state index is -1.38. The number of cyclic esters (lactones) is 1. The van der Waals surface area contributed by atoms with E-state index in [0.717, 1.165) is 0 Å². The standard InChI is InChI=1S/C13H17ClO6/c1-4-18-12(16)10(13(17)19-5-2)9-8(7(3)14)6-20-11(9)15/h9-10H,4-6H2,1-3H3/b8-7+. The van der Waals surface area contributed by atoms with Gasteiger partial charge in [-0.05, 0) is 26.3 Å². The molecule has 1 unspecified atom stereocenters. The minimum absolute atomic E-state index is 0.0336. The van der Waals surface area contributed by atoms with Gasteiger partial charge >= 0.3 is 17.9 Å². The van der Waals surface area contributed by atoms with Crippen LogP contribution in [-0.2, 0) is 28.6 Å². The van der Waals surface area contributed by atoms with Gasteiger partial charge < -0.3 is 14.2 Å². The fourth-order valence-corrected chi connectivity index (χ4v) is 2.13. The summed E-state index contributed by atoms with van der Waals surface area (Å²) in [6, 6.07) is 0. The first kappa shape index (κ1) is 16.5. The van der Waals surface area contributed by atoms with Crippen LogP contribution in [0.5, 0.6) is 0 Å². The van der Waals surface area contributed by atoms with Crippen LogP contribution >= 0.6 is 11.6 Å². The molecule has 6 nitrogen and oxygen atoms in total. The van der Waals surface area contributed by atoms with Crippen molar-refractivity contribution in [1.82, 2.24) is 0 Å². The molecule has 0 radical (unpaired) electrons. The van der Waals surface area contributed by atoms with Crippen molar-refractivity contribution in [3.63, 3.8) is 0 Å². The number of esters is 3. The molecule has 0 spiro atoms. The second kappa shape index (κ2) is 7.28. The molecule has 1 atom stereocenters. The normalized spacial score (nSPS) is 20.6. The van der Waals surface area contributed by atoms with Crippen LogP contribution in [0.15, 0.2) is 10.6 Å². The number of hydrogen-bond donors (Lipinski definition) is 0. The Morgan fingerprint density at radius 2 is 1.80 bits per heavy atom. The predicted molar refractivity (Wildman–Crippen MR) is 69.8 cm³/mol. The summed E-state index contributed by atoms with van der Waals surface area (Å²) in [5, 5.41) is 0.319. The van der Waals surface area contributed by atoms with Crippen molar-refractivity contribution in [2.75, 3.05) is 19.8 Å². The molecule has 0 saturated carbocycles. The Morgan fingerprint density at radius 1 is 1.30 bits per heavy atom. The maximum absolute atomic E-state index is 12.0. The van der Waals surface area contributed by atoms with Crippen molar-refractivity contribution in [3.8, 4) is 0 Å². The van der Waals surface area contributed by atoms with Gasteiger partial charge in [-0.15, -0.1) is 0 Å². The first-order valence-electron chi connectivity index (χ1n) is 6.29. The molecule has 0 aromatic carbocycles. The van der Waals surface area contributed by atoms with Crippen LogP contribution < -0.4 is 0 Å². The fraction of sp³-hybridized carbons (Fsp3) is 0.615. The average Bonchev–Trinajstić information content (AvgIpc) is 2.73. The molecule has 0 aliphatic carbocycles. The highest BCUT2D eigenvalue weighted by Crippen LogP contribution is 2.33. The number of carbonyl (C=O) groups excluding carboxylic acids is 3. The zero-order chi connectivity index (χ0) is 15.3. The number of hydrogen-bond acceptors (Lipinski definition) is 6. The van der Waals surface area contributed by atoms with Gasteiger partial charge in [-0.3, -0.25) is 14.4 Å². The molecular weight excluding hydrogens is 288 g/mol. The highest BCUT2D eigenvalue weighted by Gasteiger charge is 2.48. The first-order valence-corrected chi connectivity index (χ1v) is 6.66. The third-order valence-corrected chi connectivity index (χ3v) is 3.10. The van der Waals surface area contributed by atoms with Gasteiger partial charge in [-0.2, -0.15) is 0 Å². The lowest BCUT2D eigenvalue weighted by Crippen LogP contribution is -2.37. The molecule has 1 saturated heterocycles. The quantitative estimate of drug-likeness (QED) is 0.434. The molecule has 0 bridgehead atoms. The van der Waals surface area contributed by atoms with E-state index in [1.165, 1.54) is 0 Å². The van der Waals surface area contributed by atoms with Gasteiger partial charge in [0.05, 0.1) is 13.2 Å². The second-order valence-corrected chi connectivity index (χ2v) is 4.69. The second-order valence-electron chi connectivity index (χ2n) is 4.13. The maximum atomic E-state index is 12.0. The Morgan fingerprint density at radius 3 is 2.20 bits per heavy atom. The molecule has 20 heavy (non-hydrogen) atoms. The molecule has 1 heterocycles. The number of carbonyl (C=O) groups is 3. The van der Waals surface area contributed by atoms with Crippen LogP contribution in [-0.4, -0.2) is 37.7 Å². The third-order valence-electron chi connectivity index (χ3n) is 2.86. The van der Waals surface area contributed by atoms with E-state index in [4.69, 9.17) is 25.8 Å². The average molecular weight is 305 g/mol. The molecule has 7 heteroatoms. The lowest BCUT2D eigenvalue weighted by molar-refractivity contribution is -0.167. The van der Waals surface area contributed by atoms with Crippen molar-refractivity contribution in [1.29, 1.82) is 0 Å². The number of allylic oxidation sites excluding steroid dienone is 1. The molecule has 0 aromatic heterocycles. The Labute approximate surface area is 122 Å². The number of halogens is 1. The van der Waals surface area contributed by atoms with Gasteiger partial charge in [-0.25, -0.2) is 0 Å². The van der Waals surface area contributed by atoms with E-state index in [2.05, 4.69) is 0 Å². The summed E-state index contributed by atoms with van der Waals surface area (Å²) in [6.07, 6.45) is 0. The van der Waals surface area contributed by atoms with E-state index in [0.29, 0.717) is 10.6 Å². The summed E-state index contributed by atoms with van der Waals surface area (Å²) in [7, 11) is 0. The van der Waals surface area contributed by atoms with Crippen LogP contribution in [0.3, 0.4) is 0 Å². The highest BCUT2D eigenvalue weighted by atomic mass is 35.5. The van der Waals surface area contributed by atoms with Crippen molar-refractivity contribution < 1.29 is 28.6 Å². The van der Waals surface area contributed by atoms with E-state index in [-0.39, 0.29) is 19.8 Å². The molecule has 1 aliphatic heterocycles. The van der Waals surface area contributed by atoms with E-state index >= 15 is 0 Å². The van der Waals surface area contributed by atoms with E-state index in [1.54, 1.807) is 20.8 Å². The van der Waals surface area contributed by atoms with Crippen LogP contribution in [0, 0.1) is 11.8 Å². The SMILES string of the molecule is CCOC(=O)C(C(=O)OCC)C1C(=O)OC/C1=C(/C)Cl. The van der Waals surface area contributed by atoms with Crippen molar-refractivity contribution >= 4 is 29.5 Å². The molecule has 1 fully saturated rings. The predicted octanol–water partition coefficient (Wildman–Crippen LogP) is 1.41. The van der Waals surface area contributed by atoms with E-state index in [1.807, 2.05) is 0 Å². The van der Waals surface area contributed by atoms with Crippen LogP contribution in [0.25, 0.3) is 0 Å².